The number of carbonyl (C=O) groups is 2. The van der Waals surface area contributed by atoms with Gasteiger partial charge in [0.2, 0.25) is 0 Å². The van der Waals surface area contributed by atoms with E-state index in [1.807, 2.05) is 12.1 Å². The molecule has 26 heavy (non-hydrogen) atoms. The molecule has 0 aliphatic rings. The van der Waals surface area contributed by atoms with E-state index in [1.165, 1.54) is 6.08 Å². The highest BCUT2D eigenvalue weighted by Crippen LogP contribution is 2.12. The van der Waals surface area contributed by atoms with Gasteiger partial charge in [0.25, 0.3) is 0 Å². The van der Waals surface area contributed by atoms with Gasteiger partial charge in [-0.3, -0.25) is 4.79 Å². The molecule has 144 valence electrons. The minimum atomic E-state index is -0.875. The van der Waals surface area contributed by atoms with Gasteiger partial charge in [-0.1, -0.05) is 12.1 Å². The fraction of sp³-hybridized carbons (Fsp3) is 0.474. The second-order valence-corrected chi connectivity index (χ2v) is 6.49. The number of benzene rings is 1. The smallest absolute Gasteiger partial charge is 0.330 e. The Morgan fingerprint density at radius 2 is 1.81 bits per heavy atom. The first-order valence-corrected chi connectivity index (χ1v) is 8.26. The van der Waals surface area contributed by atoms with Crippen molar-refractivity contribution in [3.63, 3.8) is 0 Å². The van der Waals surface area contributed by atoms with Crippen molar-refractivity contribution in [2.75, 3.05) is 26.9 Å². The Morgan fingerprint density at radius 1 is 1.15 bits per heavy atom. The maximum Gasteiger partial charge on any atom is 0.330 e. The van der Waals surface area contributed by atoms with Crippen LogP contribution in [0.15, 0.2) is 30.3 Å². The topological polar surface area (TPSA) is 97.1 Å². The summed E-state index contributed by atoms with van der Waals surface area (Å²) < 4.78 is 20.4. The van der Waals surface area contributed by atoms with Crippen molar-refractivity contribution in [3.05, 3.63) is 35.9 Å². The summed E-state index contributed by atoms with van der Waals surface area (Å²) in [6.45, 7) is 5.48. The maximum absolute atomic E-state index is 11.7. The van der Waals surface area contributed by atoms with Crippen LogP contribution in [0, 0.1) is 0 Å². The van der Waals surface area contributed by atoms with Crippen LogP contribution in [0.5, 0.6) is 5.75 Å². The van der Waals surface area contributed by atoms with E-state index in [0.29, 0.717) is 0 Å². The fourth-order valence-corrected chi connectivity index (χ4v) is 1.78. The Morgan fingerprint density at radius 3 is 2.38 bits per heavy atom. The first kappa shape index (κ1) is 21.7. The summed E-state index contributed by atoms with van der Waals surface area (Å²) in [7, 11) is 1.59. The highest BCUT2D eigenvalue weighted by Gasteiger charge is 2.22. The van der Waals surface area contributed by atoms with Crippen LogP contribution in [0.25, 0.3) is 6.08 Å². The van der Waals surface area contributed by atoms with Crippen LogP contribution in [0.1, 0.15) is 26.3 Å². The second kappa shape index (κ2) is 10.6. The number of hydrogen-bond donors (Lipinski definition) is 1. The lowest BCUT2D eigenvalue weighted by molar-refractivity contribution is -0.158. The van der Waals surface area contributed by atoms with E-state index in [0.717, 1.165) is 11.3 Å². The molecule has 0 spiro atoms. The third-order valence-corrected chi connectivity index (χ3v) is 3.01. The van der Waals surface area contributed by atoms with Crippen LogP contribution in [0.3, 0.4) is 0 Å². The third-order valence-electron chi connectivity index (χ3n) is 3.01. The minimum Gasteiger partial charge on any atom is -0.497 e. The molecular formula is C19H27NO6. The van der Waals surface area contributed by atoms with E-state index >= 15 is 0 Å². The molecule has 0 heterocycles. The molecule has 0 fully saturated rings. The van der Waals surface area contributed by atoms with Crippen LogP contribution >= 0.6 is 0 Å². The monoisotopic (exact) mass is 365 g/mol. The zero-order valence-electron chi connectivity index (χ0n) is 15.7. The molecule has 0 aliphatic heterocycles. The Hall–Kier alpha value is -2.38. The van der Waals surface area contributed by atoms with E-state index in [1.54, 1.807) is 46.1 Å². The van der Waals surface area contributed by atoms with Crippen LogP contribution in [0.4, 0.5) is 0 Å². The van der Waals surface area contributed by atoms with Crippen LogP contribution < -0.4 is 10.5 Å². The summed E-state index contributed by atoms with van der Waals surface area (Å²) in [6, 6.07) is 6.37. The van der Waals surface area contributed by atoms with Gasteiger partial charge in [0, 0.05) is 6.08 Å². The minimum absolute atomic E-state index is 0.00580. The third kappa shape index (κ3) is 9.19. The van der Waals surface area contributed by atoms with E-state index in [4.69, 9.17) is 24.7 Å². The lowest BCUT2D eigenvalue weighted by atomic mass is 10.2. The highest BCUT2D eigenvalue weighted by molar-refractivity contribution is 5.87. The number of methoxy groups -OCH3 is 1. The maximum atomic E-state index is 11.7. The molecule has 7 heteroatoms. The summed E-state index contributed by atoms with van der Waals surface area (Å²) in [5.41, 5.74) is 5.92. The van der Waals surface area contributed by atoms with Gasteiger partial charge in [-0.2, -0.15) is 0 Å². The molecule has 1 aromatic rings. The normalized spacial score (nSPS) is 12.7. The van der Waals surface area contributed by atoms with E-state index in [9.17, 15) is 9.59 Å². The van der Waals surface area contributed by atoms with Crippen LogP contribution in [-0.4, -0.2) is 50.5 Å². The van der Waals surface area contributed by atoms with Crippen molar-refractivity contribution in [1.82, 2.24) is 0 Å². The lowest BCUT2D eigenvalue weighted by Crippen LogP contribution is -2.40. The van der Waals surface area contributed by atoms with E-state index in [2.05, 4.69) is 0 Å². The number of esters is 2. The van der Waals surface area contributed by atoms with Crippen molar-refractivity contribution < 1.29 is 28.5 Å². The molecule has 1 unspecified atom stereocenters. The number of carbonyl (C=O) groups excluding carboxylic acids is 2. The van der Waals surface area contributed by atoms with Crippen molar-refractivity contribution in [1.29, 1.82) is 0 Å². The SMILES string of the molecule is COc1ccc(/C=C/C(=O)OCCOCC(N)C(=O)OC(C)(C)C)cc1. The molecule has 0 saturated heterocycles. The first-order valence-electron chi connectivity index (χ1n) is 8.26. The highest BCUT2D eigenvalue weighted by atomic mass is 16.6. The number of ether oxygens (including phenoxy) is 4. The van der Waals surface area contributed by atoms with Gasteiger partial charge in [-0.05, 0) is 44.5 Å². The summed E-state index contributed by atoms with van der Waals surface area (Å²) >= 11 is 0. The van der Waals surface area contributed by atoms with Gasteiger partial charge >= 0.3 is 11.9 Å². The summed E-state index contributed by atoms with van der Waals surface area (Å²) in [4.78, 5) is 23.3. The molecule has 2 N–H and O–H groups in total. The van der Waals surface area contributed by atoms with Crippen molar-refractivity contribution in [2.45, 2.75) is 32.4 Å². The first-order chi connectivity index (χ1) is 12.2. The Bertz CT molecular complexity index is 603. The van der Waals surface area contributed by atoms with Crippen molar-refractivity contribution in [3.8, 4) is 5.75 Å². The van der Waals surface area contributed by atoms with Gasteiger partial charge < -0.3 is 24.7 Å². The van der Waals surface area contributed by atoms with Gasteiger partial charge in [-0.25, -0.2) is 4.79 Å². The summed E-state index contributed by atoms with van der Waals surface area (Å²) in [6.07, 6.45) is 2.97. The van der Waals surface area contributed by atoms with Crippen molar-refractivity contribution >= 4 is 18.0 Å². The zero-order valence-corrected chi connectivity index (χ0v) is 15.7. The Kier molecular flexibility index (Phi) is 8.81. The predicted octanol–water partition coefficient (Wildman–Crippen LogP) is 1.94. The molecule has 0 bridgehead atoms. The van der Waals surface area contributed by atoms with Crippen molar-refractivity contribution in [2.24, 2.45) is 5.73 Å². The van der Waals surface area contributed by atoms with Gasteiger partial charge in [-0.15, -0.1) is 0 Å². The fourth-order valence-electron chi connectivity index (χ4n) is 1.78. The molecule has 7 nitrogen and oxygen atoms in total. The quantitative estimate of drug-likeness (QED) is 0.406. The lowest BCUT2D eigenvalue weighted by Gasteiger charge is -2.22. The summed E-state index contributed by atoms with van der Waals surface area (Å²) in [5, 5.41) is 0. The van der Waals surface area contributed by atoms with Gasteiger partial charge in [0.15, 0.2) is 0 Å². The standard InChI is InChI=1S/C19H27NO6/c1-19(2,3)26-18(22)16(20)13-24-11-12-25-17(21)10-7-14-5-8-15(23-4)9-6-14/h5-10,16H,11-13,20H2,1-4H3/b10-7+. The molecule has 0 amide bonds. The van der Waals surface area contributed by atoms with Crippen LogP contribution in [0.2, 0.25) is 0 Å². The average molecular weight is 365 g/mol. The summed E-state index contributed by atoms with van der Waals surface area (Å²) in [5.74, 6) is -0.274. The number of hydrogen-bond acceptors (Lipinski definition) is 7. The van der Waals surface area contributed by atoms with Crippen LogP contribution in [-0.2, 0) is 23.8 Å². The number of nitrogens with two attached hydrogens (primary N) is 1. The molecule has 1 aromatic carbocycles. The van der Waals surface area contributed by atoms with E-state index in [-0.39, 0.29) is 19.8 Å². The molecule has 1 atom stereocenters. The second-order valence-electron chi connectivity index (χ2n) is 6.49. The molecule has 0 aliphatic carbocycles. The molecular weight excluding hydrogens is 338 g/mol. The molecule has 1 rings (SSSR count). The van der Waals surface area contributed by atoms with Gasteiger partial charge in [0.05, 0.1) is 20.3 Å². The van der Waals surface area contributed by atoms with Gasteiger partial charge in [0.1, 0.15) is 24.0 Å². The molecule has 0 aromatic heterocycles. The Balaban J connectivity index is 2.21. The predicted molar refractivity (Wildman–Crippen MR) is 97.6 cm³/mol. The average Bonchev–Trinajstić information content (AvgIpc) is 2.58. The molecule has 0 radical (unpaired) electrons. The largest absolute Gasteiger partial charge is 0.497 e. The zero-order chi connectivity index (χ0) is 19.6. The van der Waals surface area contributed by atoms with E-state index < -0.39 is 23.6 Å². The Labute approximate surface area is 154 Å². The molecule has 0 saturated carbocycles. The number of rotatable bonds is 9.